The summed E-state index contributed by atoms with van der Waals surface area (Å²) >= 11 is 3.44. The van der Waals surface area contributed by atoms with Crippen LogP contribution in [0, 0.1) is 11.3 Å². The van der Waals surface area contributed by atoms with Crippen molar-refractivity contribution in [3.05, 3.63) is 127 Å². The molecule has 0 saturated carbocycles. The second kappa shape index (κ2) is 9.33. The van der Waals surface area contributed by atoms with Crippen LogP contribution in [0.3, 0.4) is 0 Å². The molecule has 0 aliphatic carbocycles. The number of nitriles is 1. The summed E-state index contributed by atoms with van der Waals surface area (Å²) in [5.74, 6) is 0. The summed E-state index contributed by atoms with van der Waals surface area (Å²) in [6.07, 6.45) is 0. The molecule has 3 heterocycles. The van der Waals surface area contributed by atoms with Gasteiger partial charge >= 0.3 is 0 Å². The van der Waals surface area contributed by atoms with Crippen molar-refractivity contribution in [2.24, 2.45) is 0 Å². The number of para-hydroxylation sites is 2. The van der Waals surface area contributed by atoms with E-state index in [-0.39, 0.29) is 0 Å². The highest BCUT2D eigenvalue weighted by molar-refractivity contribution is 7.22. The number of rotatable bonds is 3. The van der Waals surface area contributed by atoms with Gasteiger partial charge < -0.3 is 4.57 Å². The van der Waals surface area contributed by atoms with Gasteiger partial charge in [-0.3, -0.25) is 0 Å². The number of nitrogens with zero attached hydrogens (tertiary/aromatic N) is 4. The van der Waals surface area contributed by atoms with E-state index in [9.17, 15) is 5.26 Å². The third-order valence-corrected chi connectivity index (χ3v) is 10.3. The predicted molar refractivity (Wildman–Crippen MR) is 180 cm³/mol. The number of fused-ring (bicyclic) bond motifs is 6. The predicted octanol–water partition coefficient (Wildman–Crippen LogP) is 10.4. The molecule has 0 amide bonds. The average molecular weight is 585 g/mol. The fraction of sp³-hybridized carbons (Fsp3) is 0. The maximum absolute atomic E-state index is 9.82. The standard InChI is InChI=1S/C37H20N4S2/c38-21-24-15-18-31(26-8-2-1-7-25(24)26)41-32-16-13-22(36-39-29-9-3-5-11-34(29)42-36)19-27(32)28-20-23(14-17-33(28)41)37-40-30-10-4-6-12-35(30)43-37/h1-20H. The summed E-state index contributed by atoms with van der Waals surface area (Å²) < 4.78 is 4.70. The van der Waals surface area contributed by atoms with Crippen LogP contribution in [-0.2, 0) is 0 Å². The lowest BCUT2D eigenvalue weighted by molar-refractivity contribution is 1.20. The molecule has 43 heavy (non-hydrogen) atoms. The third-order valence-electron chi connectivity index (χ3n) is 8.11. The van der Waals surface area contributed by atoms with Gasteiger partial charge in [0.1, 0.15) is 10.0 Å². The number of hydrogen-bond donors (Lipinski definition) is 0. The number of aromatic nitrogens is 3. The second-order valence-corrected chi connectivity index (χ2v) is 12.6. The molecule has 6 heteroatoms. The molecule has 4 nitrogen and oxygen atoms in total. The molecule has 0 aliphatic rings. The Morgan fingerprint density at radius 1 is 0.535 bits per heavy atom. The Morgan fingerprint density at radius 3 is 1.63 bits per heavy atom. The maximum atomic E-state index is 9.82. The normalized spacial score (nSPS) is 11.7. The summed E-state index contributed by atoms with van der Waals surface area (Å²) in [6, 6.07) is 44.5. The first kappa shape index (κ1) is 24.3. The van der Waals surface area contributed by atoms with E-state index in [2.05, 4.69) is 95.6 Å². The molecule has 0 N–H and O–H groups in total. The summed E-state index contributed by atoms with van der Waals surface area (Å²) in [5, 5.41) is 16.1. The molecule has 0 fully saturated rings. The van der Waals surface area contributed by atoms with E-state index in [0.717, 1.165) is 70.4 Å². The molecule has 200 valence electrons. The van der Waals surface area contributed by atoms with E-state index >= 15 is 0 Å². The fourth-order valence-electron chi connectivity index (χ4n) is 6.12. The topological polar surface area (TPSA) is 54.5 Å². The minimum atomic E-state index is 0.677. The SMILES string of the molecule is N#Cc1ccc(-n2c3ccc(-c4nc5ccccc5s4)cc3c3cc(-c4nc5ccccc5s4)ccc32)c2ccccc12. The zero-order valence-corrected chi connectivity index (χ0v) is 24.3. The van der Waals surface area contributed by atoms with Crippen molar-refractivity contribution in [2.45, 2.75) is 0 Å². The number of benzene rings is 6. The van der Waals surface area contributed by atoms with Crippen LogP contribution in [-0.4, -0.2) is 14.5 Å². The van der Waals surface area contributed by atoms with Gasteiger partial charge in [-0.15, -0.1) is 22.7 Å². The lowest BCUT2D eigenvalue weighted by atomic mass is 10.0. The van der Waals surface area contributed by atoms with Gasteiger partial charge in [0.05, 0.1) is 48.8 Å². The van der Waals surface area contributed by atoms with Gasteiger partial charge in [0.2, 0.25) is 0 Å². The van der Waals surface area contributed by atoms with Crippen LogP contribution in [0.1, 0.15) is 5.56 Å². The van der Waals surface area contributed by atoms with Gasteiger partial charge in [-0.1, -0.05) is 48.5 Å². The second-order valence-electron chi connectivity index (χ2n) is 10.6. The van der Waals surface area contributed by atoms with Crippen molar-refractivity contribution < 1.29 is 0 Å². The van der Waals surface area contributed by atoms with Crippen LogP contribution < -0.4 is 0 Å². The Bertz CT molecular complexity index is 2400. The Morgan fingerprint density at radius 2 is 1.07 bits per heavy atom. The van der Waals surface area contributed by atoms with Gasteiger partial charge in [0.15, 0.2) is 0 Å². The Kier molecular flexibility index (Phi) is 5.27. The lowest BCUT2D eigenvalue weighted by Crippen LogP contribution is -1.96. The zero-order chi connectivity index (χ0) is 28.5. The summed E-state index contributed by atoms with van der Waals surface area (Å²) in [5.41, 5.74) is 8.18. The molecule has 6 aromatic carbocycles. The Hall–Kier alpha value is -5.35. The molecular weight excluding hydrogens is 565 g/mol. The summed E-state index contributed by atoms with van der Waals surface area (Å²) in [6.45, 7) is 0. The van der Waals surface area contributed by atoms with Crippen LogP contribution in [0.15, 0.2) is 121 Å². The van der Waals surface area contributed by atoms with Gasteiger partial charge in [-0.25, -0.2) is 9.97 Å². The molecule has 0 radical (unpaired) electrons. The molecular formula is C37H20N4S2. The molecule has 3 aromatic heterocycles. The maximum Gasteiger partial charge on any atom is 0.124 e. The molecule has 0 aliphatic heterocycles. The summed E-state index contributed by atoms with van der Waals surface area (Å²) in [7, 11) is 0. The van der Waals surface area contributed by atoms with Crippen molar-refractivity contribution in [1.82, 2.24) is 14.5 Å². The van der Waals surface area contributed by atoms with E-state index in [1.165, 1.54) is 9.40 Å². The zero-order valence-electron chi connectivity index (χ0n) is 22.7. The van der Waals surface area contributed by atoms with Gasteiger partial charge in [-0.05, 0) is 72.8 Å². The smallest absolute Gasteiger partial charge is 0.124 e. The van der Waals surface area contributed by atoms with E-state index in [0.29, 0.717) is 5.56 Å². The molecule has 0 bridgehead atoms. The monoisotopic (exact) mass is 584 g/mol. The first-order valence-electron chi connectivity index (χ1n) is 14.0. The van der Waals surface area contributed by atoms with Crippen LogP contribution in [0.25, 0.3) is 79.8 Å². The van der Waals surface area contributed by atoms with Gasteiger partial charge in [-0.2, -0.15) is 5.26 Å². The summed E-state index contributed by atoms with van der Waals surface area (Å²) in [4.78, 5) is 9.91. The molecule has 0 atom stereocenters. The van der Waals surface area contributed by atoms with Crippen molar-refractivity contribution in [2.75, 3.05) is 0 Å². The Labute approximate surface area is 254 Å². The highest BCUT2D eigenvalue weighted by Gasteiger charge is 2.18. The van der Waals surface area contributed by atoms with Crippen LogP contribution in [0.2, 0.25) is 0 Å². The van der Waals surface area contributed by atoms with Gasteiger partial charge in [0.25, 0.3) is 0 Å². The molecule has 0 spiro atoms. The van der Waals surface area contributed by atoms with Crippen molar-refractivity contribution in [3.8, 4) is 32.9 Å². The number of hydrogen-bond acceptors (Lipinski definition) is 5. The minimum absolute atomic E-state index is 0.677. The van der Waals surface area contributed by atoms with Crippen LogP contribution in [0.5, 0.6) is 0 Å². The molecule has 9 rings (SSSR count). The fourth-order valence-corrected chi connectivity index (χ4v) is 8.04. The van der Waals surface area contributed by atoms with Crippen molar-refractivity contribution in [3.63, 3.8) is 0 Å². The minimum Gasteiger partial charge on any atom is -0.309 e. The van der Waals surface area contributed by atoms with E-state index in [1.54, 1.807) is 22.7 Å². The number of thiazole rings is 2. The quantitative estimate of drug-likeness (QED) is 0.208. The van der Waals surface area contributed by atoms with Crippen molar-refractivity contribution >= 4 is 75.7 Å². The Balaban J connectivity index is 1.34. The van der Waals surface area contributed by atoms with E-state index < -0.39 is 0 Å². The average Bonchev–Trinajstić information content (AvgIpc) is 3.77. The molecule has 9 aromatic rings. The third kappa shape index (κ3) is 3.73. The largest absolute Gasteiger partial charge is 0.309 e. The lowest BCUT2D eigenvalue weighted by Gasteiger charge is -2.12. The first-order valence-corrected chi connectivity index (χ1v) is 15.6. The van der Waals surface area contributed by atoms with Crippen LogP contribution in [0.4, 0.5) is 0 Å². The highest BCUT2D eigenvalue weighted by Crippen LogP contribution is 2.41. The van der Waals surface area contributed by atoms with Crippen LogP contribution >= 0.6 is 22.7 Å². The molecule has 0 saturated heterocycles. The van der Waals surface area contributed by atoms with Crippen molar-refractivity contribution in [1.29, 1.82) is 5.26 Å². The van der Waals surface area contributed by atoms with E-state index in [4.69, 9.17) is 9.97 Å². The highest BCUT2D eigenvalue weighted by atomic mass is 32.1. The first-order chi connectivity index (χ1) is 21.2. The van der Waals surface area contributed by atoms with E-state index in [1.807, 2.05) is 36.4 Å². The molecule has 0 unspecified atom stereocenters. The van der Waals surface area contributed by atoms with Gasteiger partial charge in [0, 0.05) is 32.7 Å².